The summed E-state index contributed by atoms with van der Waals surface area (Å²) in [5, 5.41) is 7.12. The molecule has 2 aliphatic rings. The Morgan fingerprint density at radius 3 is 2.58 bits per heavy atom. The average Bonchev–Trinajstić information content (AvgIpc) is 3.32. The molecule has 0 bridgehead atoms. The summed E-state index contributed by atoms with van der Waals surface area (Å²) in [6.07, 6.45) is 6.57. The summed E-state index contributed by atoms with van der Waals surface area (Å²) in [6.45, 7) is 0.594. The fourth-order valence-corrected chi connectivity index (χ4v) is 6.46. The Morgan fingerprint density at radius 1 is 1.12 bits per heavy atom. The number of carbonyl (C=O) groups is 2. The smallest absolute Gasteiger partial charge is 0.309 e. The van der Waals surface area contributed by atoms with Crippen molar-refractivity contribution in [3.05, 3.63) is 17.5 Å². The molecule has 3 rings (SSSR count). The van der Waals surface area contributed by atoms with Crippen LogP contribution < -0.4 is 10.6 Å². The van der Waals surface area contributed by atoms with E-state index in [4.69, 9.17) is 0 Å². The number of carbonyl (C=O) groups excluding carboxylic acids is 2. The number of nitrogens with one attached hydrogen (secondary N) is 2. The maximum atomic E-state index is 12.7. The van der Waals surface area contributed by atoms with Gasteiger partial charge >= 0.3 is 11.8 Å². The summed E-state index contributed by atoms with van der Waals surface area (Å²) in [5.41, 5.74) is 0. The van der Waals surface area contributed by atoms with Gasteiger partial charge in [-0.15, -0.1) is 11.3 Å². The maximum absolute atomic E-state index is 12.7. The molecular formula is C17H25N3O4S2. The molecule has 2 N–H and O–H groups in total. The van der Waals surface area contributed by atoms with Crippen molar-refractivity contribution in [3.8, 4) is 0 Å². The topological polar surface area (TPSA) is 95.6 Å². The number of rotatable bonds is 5. The molecule has 9 heteroatoms. The molecule has 7 nitrogen and oxygen atoms in total. The lowest BCUT2D eigenvalue weighted by Gasteiger charge is -2.24. The first-order valence-corrected chi connectivity index (χ1v) is 11.4. The van der Waals surface area contributed by atoms with Gasteiger partial charge in [-0.3, -0.25) is 9.59 Å². The lowest BCUT2D eigenvalue weighted by atomic mass is 9.95. The monoisotopic (exact) mass is 399 g/mol. The lowest BCUT2D eigenvalue weighted by molar-refractivity contribution is -0.139. The SMILES string of the molecule is O=C(NCC1CCCN1S(=O)(=O)c1cccs1)C(=O)NC1CCCCC1. The van der Waals surface area contributed by atoms with Gasteiger partial charge in [-0.05, 0) is 37.1 Å². The number of hydrogen-bond acceptors (Lipinski definition) is 5. The lowest BCUT2D eigenvalue weighted by Crippen LogP contribution is -2.49. The molecule has 1 aliphatic heterocycles. The van der Waals surface area contributed by atoms with Crippen LogP contribution in [-0.2, 0) is 19.6 Å². The Labute approximate surface area is 158 Å². The number of thiophene rings is 1. The highest BCUT2D eigenvalue weighted by Crippen LogP contribution is 2.28. The van der Waals surface area contributed by atoms with Crippen molar-refractivity contribution in [2.24, 2.45) is 0 Å². The molecule has 1 atom stereocenters. The zero-order valence-electron chi connectivity index (χ0n) is 14.6. The Kier molecular flexibility index (Phi) is 6.31. The van der Waals surface area contributed by atoms with Crippen LogP contribution >= 0.6 is 11.3 Å². The van der Waals surface area contributed by atoms with Crippen molar-refractivity contribution in [1.29, 1.82) is 0 Å². The van der Waals surface area contributed by atoms with Crippen molar-refractivity contribution in [2.75, 3.05) is 13.1 Å². The Hall–Kier alpha value is -1.45. The van der Waals surface area contributed by atoms with E-state index in [1.807, 2.05) is 0 Å². The number of hydrogen-bond donors (Lipinski definition) is 2. The van der Waals surface area contributed by atoms with E-state index >= 15 is 0 Å². The summed E-state index contributed by atoms with van der Waals surface area (Å²) in [4.78, 5) is 24.1. The van der Waals surface area contributed by atoms with E-state index in [1.54, 1.807) is 17.5 Å². The van der Waals surface area contributed by atoms with Crippen LogP contribution in [0.5, 0.6) is 0 Å². The molecule has 144 valence electrons. The van der Waals surface area contributed by atoms with Crippen molar-refractivity contribution in [2.45, 2.75) is 61.2 Å². The van der Waals surface area contributed by atoms with Crippen LogP contribution in [-0.4, -0.2) is 49.7 Å². The Morgan fingerprint density at radius 2 is 1.88 bits per heavy atom. The van der Waals surface area contributed by atoms with Gasteiger partial charge in [0.15, 0.2) is 0 Å². The second-order valence-electron chi connectivity index (χ2n) is 6.86. The molecule has 0 aromatic carbocycles. The van der Waals surface area contributed by atoms with Gasteiger partial charge in [0.2, 0.25) is 0 Å². The van der Waals surface area contributed by atoms with Gasteiger partial charge in [-0.1, -0.05) is 25.3 Å². The van der Waals surface area contributed by atoms with E-state index in [1.165, 1.54) is 22.1 Å². The summed E-state index contributed by atoms with van der Waals surface area (Å²) in [6, 6.07) is 3.06. The molecule has 2 amide bonds. The molecule has 2 fully saturated rings. The third kappa shape index (κ3) is 4.44. The highest BCUT2D eigenvalue weighted by Gasteiger charge is 2.36. The largest absolute Gasteiger partial charge is 0.346 e. The van der Waals surface area contributed by atoms with Crippen LogP contribution in [0.25, 0.3) is 0 Å². The van der Waals surface area contributed by atoms with Crippen LogP contribution in [0.15, 0.2) is 21.7 Å². The highest BCUT2D eigenvalue weighted by atomic mass is 32.2. The molecule has 1 saturated carbocycles. The number of nitrogens with zero attached hydrogens (tertiary/aromatic N) is 1. The zero-order chi connectivity index (χ0) is 18.6. The van der Waals surface area contributed by atoms with Crippen LogP contribution in [0.3, 0.4) is 0 Å². The molecule has 1 aromatic heterocycles. The second kappa shape index (κ2) is 8.49. The molecule has 1 unspecified atom stereocenters. The fraction of sp³-hybridized carbons (Fsp3) is 0.647. The Balaban J connectivity index is 1.53. The number of sulfonamides is 1. The first-order chi connectivity index (χ1) is 12.5. The Bertz CT molecular complexity index is 727. The van der Waals surface area contributed by atoms with E-state index in [9.17, 15) is 18.0 Å². The predicted molar refractivity (Wildman–Crippen MR) is 99.3 cm³/mol. The van der Waals surface area contributed by atoms with E-state index in [0.717, 1.165) is 32.1 Å². The normalized spacial score (nSPS) is 22.2. The second-order valence-corrected chi connectivity index (χ2v) is 9.93. The summed E-state index contributed by atoms with van der Waals surface area (Å²) >= 11 is 1.19. The standard InChI is InChI=1S/C17H25N3O4S2/c21-16(17(22)19-13-6-2-1-3-7-13)18-12-14-8-4-10-20(14)26(23,24)15-9-5-11-25-15/h5,9,11,13-14H,1-4,6-8,10,12H2,(H,18,21)(H,19,22). The minimum Gasteiger partial charge on any atom is -0.346 e. The molecular weight excluding hydrogens is 374 g/mol. The quantitative estimate of drug-likeness (QED) is 0.733. The fourth-order valence-electron chi connectivity index (χ4n) is 3.64. The third-order valence-electron chi connectivity index (χ3n) is 5.03. The summed E-state index contributed by atoms with van der Waals surface area (Å²) in [5.74, 6) is -1.31. The molecule has 1 saturated heterocycles. The van der Waals surface area contributed by atoms with Gasteiger partial charge in [-0.25, -0.2) is 8.42 Å². The van der Waals surface area contributed by atoms with Crippen LogP contribution in [0, 0.1) is 0 Å². The first kappa shape index (κ1) is 19.3. The third-order valence-corrected chi connectivity index (χ3v) is 8.35. The van der Waals surface area contributed by atoms with E-state index in [2.05, 4.69) is 10.6 Å². The first-order valence-electron chi connectivity index (χ1n) is 9.12. The van der Waals surface area contributed by atoms with Crippen LogP contribution in [0.4, 0.5) is 0 Å². The summed E-state index contributed by atoms with van der Waals surface area (Å²) in [7, 11) is -3.54. The highest BCUT2D eigenvalue weighted by molar-refractivity contribution is 7.91. The van der Waals surface area contributed by atoms with Gasteiger partial charge in [0.25, 0.3) is 10.0 Å². The summed E-state index contributed by atoms with van der Waals surface area (Å²) < 4.78 is 27.1. The van der Waals surface area contributed by atoms with E-state index in [-0.39, 0.29) is 18.6 Å². The molecule has 0 spiro atoms. The van der Waals surface area contributed by atoms with Crippen molar-refractivity contribution in [3.63, 3.8) is 0 Å². The maximum Gasteiger partial charge on any atom is 0.309 e. The van der Waals surface area contributed by atoms with Crippen molar-refractivity contribution in [1.82, 2.24) is 14.9 Å². The van der Waals surface area contributed by atoms with E-state index < -0.39 is 21.8 Å². The minimum atomic E-state index is -3.54. The molecule has 2 heterocycles. The zero-order valence-corrected chi connectivity index (χ0v) is 16.3. The molecule has 1 aromatic rings. The van der Waals surface area contributed by atoms with Gasteiger partial charge in [0.05, 0.1) is 0 Å². The van der Waals surface area contributed by atoms with Gasteiger partial charge in [0.1, 0.15) is 4.21 Å². The number of amides is 2. The predicted octanol–water partition coefficient (Wildman–Crippen LogP) is 1.47. The van der Waals surface area contributed by atoms with Crippen molar-refractivity contribution < 1.29 is 18.0 Å². The van der Waals surface area contributed by atoms with Gasteiger partial charge < -0.3 is 10.6 Å². The van der Waals surface area contributed by atoms with Crippen LogP contribution in [0.2, 0.25) is 0 Å². The molecule has 1 aliphatic carbocycles. The molecule has 0 radical (unpaired) electrons. The minimum absolute atomic E-state index is 0.0733. The average molecular weight is 400 g/mol. The van der Waals surface area contributed by atoms with Crippen LogP contribution in [0.1, 0.15) is 44.9 Å². The van der Waals surface area contributed by atoms with Gasteiger partial charge in [-0.2, -0.15) is 4.31 Å². The van der Waals surface area contributed by atoms with Gasteiger partial charge in [0, 0.05) is 25.2 Å². The van der Waals surface area contributed by atoms with Crippen molar-refractivity contribution >= 4 is 33.2 Å². The molecule has 26 heavy (non-hydrogen) atoms. The van der Waals surface area contributed by atoms with E-state index in [0.29, 0.717) is 17.2 Å².